The topological polar surface area (TPSA) is 72.8 Å². The number of fused-ring (bicyclic) bond motifs is 1. The van der Waals surface area contributed by atoms with Crippen LogP contribution in [0.1, 0.15) is 6.92 Å². The number of ether oxygens (including phenoxy) is 1. The van der Waals surface area contributed by atoms with E-state index in [1.165, 1.54) is 6.07 Å². The number of hydrogen-bond donors (Lipinski definition) is 1. The summed E-state index contributed by atoms with van der Waals surface area (Å²) in [5, 5.41) is 11.8. The van der Waals surface area contributed by atoms with E-state index in [9.17, 15) is 4.39 Å². The molecule has 0 aliphatic rings. The van der Waals surface area contributed by atoms with Crippen LogP contribution in [0.4, 0.5) is 10.2 Å². The lowest BCUT2D eigenvalue weighted by Crippen LogP contribution is -2.03. The number of benzene rings is 2. The summed E-state index contributed by atoms with van der Waals surface area (Å²) in [4.78, 5) is 9.23. The molecule has 0 atom stereocenters. The van der Waals surface area contributed by atoms with Crippen molar-refractivity contribution in [2.75, 3.05) is 19.0 Å². The minimum Gasteiger partial charge on any atom is -0.492 e. The average Bonchev–Trinajstić information content (AvgIpc) is 2.74. The zero-order valence-corrected chi connectivity index (χ0v) is 15.5. The fourth-order valence-corrected chi connectivity index (χ4v) is 3.04. The summed E-state index contributed by atoms with van der Waals surface area (Å²) in [7, 11) is 1.78. The number of nitrogens with zero attached hydrogens (tertiary/aromatic N) is 4. The molecular weight excluding hydrogens is 357 g/mol. The third-order valence-corrected chi connectivity index (χ3v) is 4.29. The monoisotopic (exact) mass is 375 g/mol. The van der Waals surface area contributed by atoms with Gasteiger partial charge in [0.2, 0.25) is 0 Å². The van der Waals surface area contributed by atoms with Gasteiger partial charge in [-0.25, -0.2) is 14.4 Å². The highest BCUT2D eigenvalue weighted by atomic mass is 19.1. The average molecular weight is 375 g/mol. The second kappa shape index (κ2) is 7.56. The quantitative estimate of drug-likeness (QED) is 0.560. The Kier molecular flexibility index (Phi) is 4.80. The smallest absolute Gasteiger partial charge is 0.182 e. The fraction of sp³-hybridized carbons (Fsp3) is 0.143. The summed E-state index contributed by atoms with van der Waals surface area (Å²) in [5.41, 5.74) is 2.37. The zero-order chi connectivity index (χ0) is 19.5. The Hall–Kier alpha value is -3.61. The van der Waals surface area contributed by atoms with E-state index in [1.54, 1.807) is 49.6 Å². The zero-order valence-electron chi connectivity index (χ0n) is 15.5. The van der Waals surface area contributed by atoms with Gasteiger partial charge in [-0.2, -0.15) is 5.10 Å². The molecule has 0 aliphatic heterocycles. The second-order valence-electron chi connectivity index (χ2n) is 6.04. The normalized spacial score (nSPS) is 10.8. The number of anilines is 1. The number of rotatable bonds is 5. The Bertz CT molecular complexity index is 1130. The summed E-state index contributed by atoms with van der Waals surface area (Å²) in [6.45, 7) is 2.35. The molecule has 0 amide bonds. The molecule has 2 heterocycles. The van der Waals surface area contributed by atoms with Gasteiger partial charge in [0.25, 0.3) is 0 Å². The molecule has 7 heteroatoms. The molecule has 0 bridgehead atoms. The minimum atomic E-state index is -0.299. The maximum absolute atomic E-state index is 14.4. The van der Waals surface area contributed by atoms with Crippen molar-refractivity contribution < 1.29 is 9.13 Å². The second-order valence-corrected chi connectivity index (χ2v) is 6.04. The molecule has 0 aliphatic carbocycles. The largest absolute Gasteiger partial charge is 0.492 e. The third-order valence-electron chi connectivity index (χ3n) is 4.29. The predicted molar refractivity (Wildman–Crippen MR) is 107 cm³/mol. The molecule has 140 valence electrons. The number of aromatic nitrogens is 4. The summed E-state index contributed by atoms with van der Waals surface area (Å²) in [6.07, 6.45) is 1.59. The molecule has 0 spiro atoms. The van der Waals surface area contributed by atoms with Gasteiger partial charge in [0.1, 0.15) is 28.6 Å². The SMILES string of the molecule is CCOc1cc(-c2ccccc2F)cc2c(NC)nc(-c3cccnn3)nc12. The Morgan fingerprint density at radius 1 is 1.07 bits per heavy atom. The molecule has 0 unspecified atom stereocenters. The maximum atomic E-state index is 14.4. The van der Waals surface area contributed by atoms with E-state index in [-0.39, 0.29) is 5.82 Å². The number of halogens is 1. The number of hydrogen-bond acceptors (Lipinski definition) is 6. The molecule has 2 aromatic heterocycles. The van der Waals surface area contributed by atoms with Crippen molar-refractivity contribution in [3.05, 3.63) is 60.5 Å². The van der Waals surface area contributed by atoms with Crippen LogP contribution in [-0.4, -0.2) is 33.8 Å². The highest BCUT2D eigenvalue weighted by Crippen LogP contribution is 2.36. The van der Waals surface area contributed by atoms with Crippen molar-refractivity contribution in [2.24, 2.45) is 0 Å². The first-order chi connectivity index (χ1) is 13.7. The van der Waals surface area contributed by atoms with Crippen LogP contribution in [0.15, 0.2) is 54.7 Å². The lowest BCUT2D eigenvalue weighted by Gasteiger charge is -2.14. The first-order valence-electron chi connectivity index (χ1n) is 8.90. The predicted octanol–water partition coefficient (Wildman–Crippen LogP) is 4.33. The molecule has 4 aromatic rings. The van der Waals surface area contributed by atoms with E-state index in [0.29, 0.717) is 46.3 Å². The van der Waals surface area contributed by atoms with Gasteiger partial charge in [0.15, 0.2) is 5.82 Å². The third kappa shape index (κ3) is 3.22. The highest BCUT2D eigenvalue weighted by molar-refractivity contribution is 5.97. The van der Waals surface area contributed by atoms with Crippen molar-refractivity contribution in [1.82, 2.24) is 20.2 Å². The van der Waals surface area contributed by atoms with Crippen LogP contribution in [0.5, 0.6) is 5.75 Å². The highest BCUT2D eigenvalue weighted by Gasteiger charge is 2.17. The molecule has 0 saturated heterocycles. The van der Waals surface area contributed by atoms with Gasteiger partial charge in [-0.3, -0.25) is 0 Å². The van der Waals surface area contributed by atoms with Gasteiger partial charge in [0.05, 0.1) is 6.61 Å². The molecule has 4 rings (SSSR count). The first-order valence-corrected chi connectivity index (χ1v) is 8.90. The molecule has 1 N–H and O–H groups in total. The molecular formula is C21H18FN5O. The lowest BCUT2D eigenvalue weighted by atomic mass is 10.0. The Balaban J connectivity index is 2.00. The Morgan fingerprint density at radius 2 is 1.93 bits per heavy atom. The lowest BCUT2D eigenvalue weighted by molar-refractivity contribution is 0.344. The van der Waals surface area contributed by atoms with Gasteiger partial charge in [-0.1, -0.05) is 18.2 Å². The number of nitrogens with one attached hydrogen (secondary N) is 1. The summed E-state index contributed by atoms with van der Waals surface area (Å²) in [6, 6.07) is 13.9. The van der Waals surface area contributed by atoms with Crippen LogP contribution in [0.2, 0.25) is 0 Å². The van der Waals surface area contributed by atoms with E-state index < -0.39 is 0 Å². The first kappa shape index (κ1) is 17.8. The van der Waals surface area contributed by atoms with E-state index in [1.807, 2.05) is 13.0 Å². The van der Waals surface area contributed by atoms with Crippen LogP contribution in [0.3, 0.4) is 0 Å². The molecule has 0 radical (unpaired) electrons. The van der Waals surface area contributed by atoms with Crippen molar-refractivity contribution in [3.8, 4) is 28.4 Å². The minimum absolute atomic E-state index is 0.299. The molecule has 0 fully saturated rings. The fourth-order valence-electron chi connectivity index (χ4n) is 3.04. The van der Waals surface area contributed by atoms with Crippen LogP contribution in [-0.2, 0) is 0 Å². The van der Waals surface area contributed by atoms with Crippen molar-refractivity contribution in [1.29, 1.82) is 0 Å². The van der Waals surface area contributed by atoms with Crippen molar-refractivity contribution in [3.63, 3.8) is 0 Å². The van der Waals surface area contributed by atoms with Gasteiger partial charge in [-0.05, 0) is 42.8 Å². The van der Waals surface area contributed by atoms with Crippen molar-refractivity contribution >= 4 is 16.7 Å². The molecule has 28 heavy (non-hydrogen) atoms. The van der Waals surface area contributed by atoms with E-state index in [2.05, 4.69) is 25.5 Å². The maximum Gasteiger partial charge on any atom is 0.182 e. The van der Waals surface area contributed by atoms with Crippen LogP contribution >= 0.6 is 0 Å². The summed E-state index contributed by atoms with van der Waals surface area (Å²) in [5.74, 6) is 1.30. The van der Waals surface area contributed by atoms with Crippen LogP contribution < -0.4 is 10.1 Å². The summed E-state index contributed by atoms with van der Waals surface area (Å²) < 4.78 is 20.2. The summed E-state index contributed by atoms with van der Waals surface area (Å²) >= 11 is 0. The van der Waals surface area contributed by atoms with Gasteiger partial charge in [-0.15, -0.1) is 5.10 Å². The van der Waals surface area contributed by atoms with Gasteiger partial charge < -0.3 is 10.1 Å². The van der Waals surface area contributed by atoms with Crippen LogP contribution in [0.25, 0.3) is 33.5 Å². The molecule has 2 aromatic carbocycles. The molecule has 6 nitrogen and oxygen atoms in total. The van der Waals surface area contributed by atoms with Crippen LogP contribution in [0, 0.1) is 5.82 Å². The van der Waals surface area contributed by atoms with Gasteiger partial charge >= 0.3 is 0 Å². The Labute approximate surface area is 161 Å². The van der Waals surface area contributed by atoms with Crippen molar-refractivity contribution in [2.45, 2.75) is 6.92 Å². The Morgan fingerprint density at radius 3 is 2.64 bits per heavy atom. The van der Waals surface area contributed by atoms with E-state index in [4.69, 9.17) is 4.74 Å². The van der Waals surface area contributed by atoms with E-state index in [0.717, 1.165) is 5.39 Å². The van der Waals surface area contributed by atoms with Gasteiger partial charge in [0, 0.05) is 24.2 Å². The molecule has 0 saturated carbocycles. The standard InChI is InChI=1S/C21H18FN5O/c1-3-28-18-12-13(14-7-4-5-8-16(14)22)11-15-19(18)25-21(26-20(15)23-2)17-9-6-10-24-27-17/h4-12H,3H2,1-2H3,(H,23,25,26). The van der Waals surface area contributed by atoms with E-state index >= 15 is 0 Å².